The molecular formula is C15H20Br2N4O2. The second-order valence-electron chi connectivity index (χ2n) is 5.40. The van der Waals surface area contributed by atoms with Crippen LogP contribution >= 0.6 is 31.9 Å². The third-order valence-electron chi connectivity index (χ3n) is 3.77. The average molecular weight is 448 g/mol. The number of anilines is 1. The van der Waals surface area contributed by atoms with Gasteiger partial charge in [0.2, 0.25) is 0 Å². The highest BCUT2D eigenvalue weighted by molar-refractivity contribution is 9.11. The lowest BCUT2D eigenvalue weighted by atomic mass is 10.2. The number of hydrogen-bond acceptors (Lipinski definition) is 4. The van der Waals surface area contributed by atoms with Crippen LogP contribution in [-0.4, -0.2) is 27.0 Å². The maximum atomic E-state index is 11.4. The van der Waals surface area contributed by atoms with Gasteiger partial charge >= 0.3 is 0 Å². The summed E-state index contributed by atoms with van der Waals surface area (Å²) in [5.74, 6) is 0.292. The molecule has 0 aliphatic heterocycles. The number of nitrogens with one attached hydrogen (secondary N) is 2. The number of carbonyl (C=O) groups excluding carboxylic acids is 1. The quantitative estimate of drug-likeness (QED) is 0.465. The van der Waals surface area contributed by atoms with E-state index >= 15 is 0 Å². The number of nitrogens with zero attached hydrogens (tertiary/aromatic N) is 2. The van der Waals surface area contributed by atoms with Gasteiger partial charge in [-0.2, -0.15) is 0 Å². The lowest BCUT2D eigenvalue weighted by molar-refractivity contribution is -0.127. The van der Waals surface area contributed by atoms with Crippen molar-refractivity contribution in [1.29, 1.82) is 0 Å². The second kappa shape index (κ2) is 7.63. The van der Waals surface area contributed by atoms with Crippen molar-refractivity contribution in [3.8, 4) is 0 Å². The van der Waals surface area contributed by atoms with E-state index < -0.39 is 5.91 Å². The van der Waals surface area contributed by atoms with Crippen LogP contribution in [0.2, 0.25) is 0 Å². The summed E-state index contributed by atoms with van der Waals surface area (Å²) >= 11 is 7.23. The molecule has 0 aliphatic rings. The molecule has 0 aromatic carbocycles. The summed E-state index contributed by atoms with van der Waals surface area (Å²) in [5.41, 5.74) is 5.46. The minimum absolute atomic E-state index is 0.0219. The van der Waals surface area contributed by atoms with Crippen molar-refractivity contribution in [3.63, 3.8) is 0 Å². The van der Waals surface area contributed by atoms with Gasteiger partial charge in [0.05, 0.1) is 16.7 Å². The molecule has 6 nitrogen and oxygen atoms in total. The van der Waals surface area contributed by atoms with Crippen LogP contribution in [0.25, 0.3) is 5.65 Å². The Morgan fingerprint density at radius 1 is 1.30 bits per heavy atom. The molecule has 1 amide bonds. The van der Waals surface area contributed by atoms with Gasteiger partial charge in [-0.1, -0.05) is 13.3 Å². The van der Waals surface area contributed by atoms with Crippen molar-refractivity contribution in [2.75, 3.05) is 11.9 Å². The normalized spacial score (nSPS) is 11.0. The Balaban J connectivity index is 2.61. The van der Waals surface area contributed by atoms with Crippen LogP contribution in [0.4, 0.5) is 5.82 Å². The van der Waals surface area contributed by atoms with Crippen molar-refractivity contribution >= 4 is 49.2 Å². The van der Waals surface area contributed by atoms with Crippen LogP contribution in [0.15, 0.2) is 8.95 Å². The third kappa shape index (κ3) is 3.54. The lowest BCUT2D eigenvalue weighted by Crippen LogP contribution is -2.27. The molecule has 0 saturated carbocycles. The number of aromatic nitrogens is 2. The predicted octanol–water partition coefficient (Wildman–Crippen LogP) is 3.74. The summed E-state index contributed by atoms with van der Waals surface area (Å²) in [6.45, 7) is 6.13. The Labute approximate surface area is 151 Å². The molecule has 23 heavy (non-hydrogen) atoms. The number of aryl methyl sites for hydroxylation is 2. The number of rotatable bonds is 6. The molecule has 2 heterocycles. The highest BCUT2D eigenvalue weighted by Gasteiger charge is 2.20. The van der Waals surface area contributed by atoms with E-state index in [-0.39, 0.29) is 6.54 Å². The monoisotopic (exact) mass is 446 g/mol. The number of hydroxylamine groups is 1. The molecular weight excluding hydrogens is 428 g/mol. The fourth-order valence-electron chi connectivity index (χ4n) is 2.48. The summed E-state index contributed by atoms with van der Waals surface area (Å²) in [6.07, 6.45) is 2.90. The van der Waals surface area contributed by atoms with E-state index in [9.17, 15) is 4.79 Å². The van der Waals surface area contributed by atoms with Gasteiger partial charge in [0, 0.05) is 10.2 Å². The van der Waals surface area contributed by atoms with E-state index in [0.29, 0.717) is 0 Å². The molecule has 0 radical (unpaired) electrons. The zero-order valence-electron chi connectivity index (χ0n) is 13.3. The predicted molar refractivity (Wildman–Crippen MR) is 97.1 cm³/mol. The van der Waals surface area contributed by atoms with Gasteiger partial charge in [0.1, 0.15) is 5.82 Å². The average Bonchev–Trinajstić information content (AvgIpc) is 2.92. The van der Waals surface area contributed by atoms with Crippen LogP contribution in [0, 0.1) is 13.8 Å². The third-order valence-corrected chi connectivity index (χ3v) is 5.88. The molecule has 0 fully saturated rings. The Hall–Kier alpha value is -1.12. The summed E-state index contributed by atoms with van der Waals surface area (Å²) in [4.78, 5) is 16.1. The largest absolute Gasteiger partial charge is 0.360 e. The number of unbranched alkanes of at least 4 members (excludes halogenated alkanes) is 1. The molecule has 2 rings (SSSR count). The van der Waals surface area contributed by atoms with E-state index in [2.05, 4.69) is 44.1 Å². The van der Waals surface area contributed by atoms with E-state index in [4.69, 9.17) is 10.2 Å². The van der Waals surface area contributed by atoms with Crippen LogP contribution in [-0.2, 0) is 11.2 Å². The second-order valence-corrected chi connectivity index (χ2v) is 6.98. The first-order chi connectivity index (χ1) is 10.9. The van der Waals surface area contributed by atoms with Gasteiger partial charge in [-0.25, -0.2) is 10.5 Å². The van der Waals surface area contributed by atoms with E-state index in [1.165, 1.54) is 0 Å². The Kier molecular flexibility index (Phi) is 6.05. The number of imidazole rings is 1. The molecule has 126 valence electrons. The molecule has 8 heteroatoms. The van der Waals surface area contributed by atoms with E-state index in [1.54, 1.807) is 5.48 Å². The smallest absolute Gasteiger partial charge is 0.262 e. The van der Waals surface area contributed by atoms with Crippen LogP contribution < -0.4 is 10.8 Å². The standard InChI is InChI=1S/C15H20Br2N4O2/c1-4-5-6-10-14(18-7-11(22)20-23)21-9(3)12(16)8(2)13(17)15(21)19-10/h18,23H,4-7H2,1-3H3,(H,20,22). The summed E-state index contributed by atoms with van der Waals surface area (Å²) in [7, 11) is 0. The van der Waals surface area contributed by atoms with Crippen molar-refractivity contribution in [2.24, 2.45) is 0 Å². The topological polar surface area (TPSA) is 78.7 Å². The van der Waals surface area contributed by atoms with Gasteiger partial charge in [0.25, 0.3) is 5.91 Å². The van der Waals surface area contributed by atoms with Gasteiger partial charge in [-0.15, -0.1) is 0 Å². The molecule has 0 atom stereocenters. The fourth-order valence-corrected chi connectivity index (χ4v) is 3.58. The maximum Gasteiger partial charge on any atom is 0.262 e. The minimum Gasteiger partial charge on any atom is -0.360 e. The number of carbonyl (C=O) groups is 1. The molecule has 0 saturated heterocycles. The minimum atomic E-state index is -0.496. The molecule has 0 aliphatic carbocycles. The number of fused-ring (bicyclic) bond motifs is 1. The van der Waals surface area contributed by atoms with Gasteiger partial charge in [-0.3, -0.25) is 14.4 Å². The first-order valence-electron chi connectivity index (χ1n) is 7.44. The molecule has 0 unspecified atom stereocenters. The highest BCUT2D eigenvalue weighted by Crippen LogP contribution is 2.35. The van der Waals surface area contributed by atoms with Crippen LogP contribution in [0.3, 0.4) is 0 Å². The fraction of sp³-hybridized carbons (Fsp3) is 0.467. The number of halogens is 2. The highest BCUT2D eigenvalue weighted by atomic mass is 79.9. The van der Waals surface area contributed by atoms with Crippen molar-refractivity contribution in [1.82, 2.24) is 14.9 Å². The van der Waals surface area contributed by atoms with Gasteiger partial charge in [0.15, 0.2) is 5.65 Å². The molecule has 0 bridgehead atoms. The number of pyridine rings is 1. The number of amides is 1. The molecule has 2 aromatic rings. The van der Waals surface area contributed by atoms with E-state index in [1.807, 2.05) is 18.2 Å². The zero-order chi connectivity index (χ0) is 17.1. The molecule has 3 N–H and O–H groups in total. The van der Waals surface area contributed by atoms with Crippen molar-refractivity contribution < 1.29 is 10.0 Å². The Bertz CT molecular complexity index is 743. The molecule has 0 spiro atoms. The van der Waals surface area contributed by atoms with Crippen molar-refractivity contribution in [2.45, 2.75) is 40.0 Å². The van der Waals surface area contributed by atoms with Gasteiger partial charge in [-0.05, 0) is 64.1 Å². The Morgan fingerprint density at radius 2 is 2.00 bits per heavy atom. The first-order valence-corrected chi connectivity index (χ1v) is 9.03. The number of hydrogen-bond donors (Lipinski definition) is 3. The zero-order valence-corrected chi connectivity index (χ0v) is 16.5. The molecule has 2 aromatic heterocycles. The van der Waals surface area contributed by atoms with E-state index in [0.717, 1.165) is 56.6 Å². The first kappa shape index (κ1) is 18.2. The van der Waals surface area contributed by atoms with Crippen molar-refractivity contribution in [3.05, 3.63) is 25.9 Å². The summed E-state index contributed by atoms with van der Waals surface area (Å²) < 4.78 is 3.91. The van der Waals surface area contributed by atoms with Crippen LogP contribution in [0.5, 0.6) is 0 Å². The van der Waals surface area contributed by atoms with Crippen LogP contribution in [0.1, 0.15) is 36.7 Å². The SMILES string of the molecule is CCCCc1nc2c(Br)c(C)c(Br)c(C)n2c1NCC(=O)NO. The van der Waals surface area contributed by atoms with Gasteiger partial charge < -0.3 is 5.32 Å². The maximum absolute atomic E-state index is 11.4. The summed E-state index contributed by atoms with van der Waals surface area (Å²) in [6, 6.07) is 0. The lowest BCUT2D eigenvalue weighted by Gasteiger charge is -2.13. The Morgan fingerprint density at radius 3 is 2.61 bits per heavy atom. The summed E-state index contributed by atoms with van der Waals surface area (Å²) in [5, 5.41) is 11.8.